The molecular weight excluding hydrogens is 338 g/mol. The second-order valence-corrected chi connectivity index (χ2v) is 6.46. The molecule has 0 aliphatic carbocycles. The van der Waals surface area contributed by atoms with Crippen molar-refractivity contribution < 1.29 is 9.53 Å². The molecule has 1 N–H and O–H groups in total. The summed E-state index contributed by atoms with van der Waals surface area (Å²) in [5, 5.41) is 3.69. The fourth-order valence-corrected chi connectivity index (χ4v) is 3.16. The quantitative estimate of drug-likeness (QED) is 0.905. The highest BCUT2D eigenvalue weighted by Gasteiger charge is 2.21. The molecule has 0 aromatic heterocycles. The minimum Gasteiger partial charge on any atom is -0.495 e. The zero-order chi connectivity index (χ0) is 17.6. The fraction of sp³-hybridized carbons (Fsp3) is 0.316. The highest BCUT2D eigenvalue weighted by molar-refractivity contribution is 6.30. The number of hydrogen-bond donors (Lipinski definition) is 1. The molecule has 1 aliphatic heterocycles. The molecular formula is C19H22ClN3O2. The Labute approximate surface area is 153 Å². The van der Waals surface area contributed by atoms with Crippen molar-refractivity contribution in [3.05, 3.63) is 59.1 Å². The molecule has 1 aliphatic rings. The van der Waals surface area contributed by atoms with Crippen molar-refractivity contribution in [1.82, 2.24) is 9.80 Å². The Morgan fingerprint density at radius 3 is 2.60 bits per heavy atom. The summed E-state index contributed by atoms with van der Waals surface area (Å²) >= 11 is 6.04. The van der Waals surface area contributed by atoms with Crippen LogP contribution in [0.25, 0.3) is 0 Å². The lowest BCUT2D eigenvalue weighted by molar-refractivity contribution is 0.143. The maximum absolute atomic E-state index is 12.5. The van der Waals surface area contributed by atoms with Gasteiger partial charge in [-0.1, -0.05) is 35.9 Å². The predicted octanol–water partition coefficient (Wildman–Crippen LogP) is 3.70. The van der Waals surface area contributed by atoms with Gasteiger partial charge in [-0.25, -0.2) is 4.79 Å². The first-order valence-electron chi connectivity index (χ1n) is 8.31. The molecule has 1 saturated heterocycles. The lowest BCUT2D eigenvalue weighted by atomic mass is 10.2. The van der Waals surface area contributed by atoms with Gasteiger partial charge in [-0.15, -0.1) is 0 Å². The average molecular weight is 360 g/mol. The predicted molar refractivity (Wildman–Crippen MR) is 100 cm³/mol. The molecule has 0 bridgehead atoms. The standard InChI is InChI=1S/C19H22ClN3O2/c1-25-18-8-3-2-7-17(18)21-19(24)23-11-9-22(10-12-23)14-15-5-4-6-16(20)13-15/h2-8,13H,9-12,14H2,1H3,(H,21,24). The van der Waals surface area contributed by atoms with Gasteiger partial charge < -0.3 is 15.0 Å². The third kappa shape index (κ3) is 4.65. The van der Waals surface area contributed by atoms with Gasteiger partial charge in [-0.2, -0.15) is 0 Å². The molecule has 2 aromatic carbocycles. The second kappa shape index (κ2) is 8.23. The van der Waals surface area contributed by atoms with Crippen LogP contribution >= 0.6 is 11.6 Å². The van der Waals surface area contributed by atoms with Gasteiger partial charge in [0, 0.05) is 37.7 Å². The van der Waals surface area contributed by atoms with Crippen molar-refractivity contribution in [2.75, 3.05) is 38.6 Å². The van der Waals surface area contributed by atoms with Crippen molar-refractivity contribution >= 4 is 23.3 Å². The van der Waals surface area contributed by atoms with Crippen molar-refractivity contribution in [2.24, 2.45) is 0 Å². The summed E-state index contributed by atoms with van der Waals surface area (Å²) in [5.41, 5.74) is 1.88. The second-order valence-electron chi connectivity index (χ2n) is 6.02. The number of amides is 2. The normalized spacial score (nSPS) is 15.0. The third-order valence-electron chi connectivity index (χ3n) is 4.30. The van der Waals surface area contributed by atoms with Gasteiger partial charge in [0.25, 0.3) is 0 Å². The van der Waals surface area contributed by atoms with E-state index in [-0.39, 0.29) is 6.03 Å². The number of hydrogen-bond acceptors (Lipinski definition) is 3. The first kappa shape index (κ1) is 17.6. The summed E-state index contributed by atoms with van der Waals surface area (Å²) in [6, 6.07) is 15.2. The van der Waals surface area contributed by atoms with E-state index in [1.165, 1.54) is 5.56 Å². The molecule has 5 nitrogen and oxygen atoms in total. The van der Waals surface area contributed by atoms with E-state index in [2.05, 4.69) is 16.3 Å². The van der Waals surface area contributed by atoms with Crippen molar-refractivity contribution in [1.29, 1.82) is 0 Å². The van der Waals surface area contributed by atoms with Crippen molar-refractivity contribution in [3.8, 4) is 5.75 Å². The molecule has 0 radical (unpaired) electrons. The Kier molecular flexibility index (Phi) is 5.79. The monoisotopic (exact) mass is 359 g/mol. The Hall–Kier alpha value is -2.24. The van der Waals surface area contributed by atoms with E-state index in [1.54, 1.807) is 7.11 Å². The number of urea groups is 1. The van der Waals surface area contributed by atoms with Gasteiger partial charge in [0.2, 0.25) is 0 Å². The van der Waals surface area contributed by atoms with E-state index in [9.17, 15) is 4.79 Å². The topological polar surface area (TPSA) is 44.8 Å². The Morgan fingerprint density at radius 2 is 1.88 bits per heavy atom. The van der Waals surface area contributed by atoms with Gasteiger partial charge in [-0.3, -0.25) is 4.90 Å². The number of piperazine rings is 1. The molecule has 3 rings (SSSR count). The molecule has 6 heteroatoms. The number of benzene rings is 2. The van der Waals surface area contributed by atoms with Gasteiger partial charge in [0.1, 0.15) is 5.75 Å². The maximum atomic E-state index is 12.5. The molecule has 2 amide bonds. The van der Waals surface area contributed by atoms with E-state index in [1.807, 2.05) is 47.4 Å². The van der Waals surface area contributed by atoms with E-state index in [0.29, 0.717) is 24.5 Å². The molecule has 0 saturated carbocycles. The number of ether oxygens (including phenoxy) is 1. The SMILES string of the molecule is COc1ccccc1NC(=O)N1CCN(Cc2cccc(Cl)c2)CC1. The Bertz CT molecular complexity index is 730. The van der Waals surface area contributed by atoms with Gasteiger partial charge >= 0.3 is 6.03 Å². The zero-order valence-corrected chi connectivity index (χ0v) is 15.0. The van der Waals surface area contributed by atoms with Crippen molar-refractivity contribution in [2.45, 2.75) is 6.54 Å². The number of para-hydroxylation sites is 2. The summed E-state index contributed by atoms with van der Waals surface area (Å²) < 4.78 is 5.27. The summed E-state index contributed by atoms with van der Waals surface area (Å²) in [7, 11) is 1.60. The van der Waals surface area contributed by atoms with Crippen LogP contribution in [0.2, 0.25) is 5.02 Å². The minimum absolute atomic E-state index is 0.0908. The fourth-order valence-electron chi connectivity index (χ4n) is 2.94. The average Bonchev–Trinajstić information content (AvgIpc) is 2.63. The number of nitrogens with one attached hydrogen (secondary N) is 1. The summed E-state index contributed by atoms with van der Waals surface area (Å²) in [4.78, 5) is 16.6. The molecule has 1 heterocycles. The number of rotatable bonds is 4. The molecule has 0 atom stereocenters. The lowest BCUT2D eigenvalue weighted by Crippen LogP contribution is -2.49. The van der Waals surface area contributed by atoms with E-state index < -0.39 is 0 Å². The zero-order valence-electron chi connectivity index (χ0n) is 14.2. The van der Waals surface area contributed by atoms with Gasteiger partial charge in [0.15, 0.2) is 0 Å². The van der Waals surface area contributed by atoms with Crippen LogP contribution in [0.3, 0.4) is 0 Å². The largest absolute Gasteiger partial charge is 0.495 e. The van der Waals surface area contributed by atoms with Crippen LogP contribution in [-0.2, 0) is 6.54 Å². The summed E-state index contributed by atoms with van der Waals surface area (Å²) in [6.45, 7) is 3.92. The number of anilines is 1. The van der Waals surface area contributed by atoms with E-state index in [4.69, 9.17) is 16.3 Å². The van der Waals surface area contributed by atoms with Crippen LogP contribution in [-0.4, -0.2) is 49.1 Å². The smallest absolute Gasteiger partial charge is 0.322 e. The lowest BCUT2D eigenvalue weighted by Gasteiger charge is -2.34. The summed E-state index contributed by atoms with van der Waals surface area (Å²) in [5.74, 6) is 0.662. The van der Waals surface area contributed by atoms with Crippen LogP contribution in [0.4, 0.5) is 10.5 Å². The molecule has 0 spiro atoms. The Balaban J connectivity index is 1.52. The van der Waals surface area contributed by atoms with Gasteiger partial charge in [-0.05, 0) is 29.8 Å². The molecule has 132 valence electrons. The number of carbonyl (C=O) groups is 1. The first-order valence-corrected chi connectivity index (χ1v) is 8.69. The third-order valence-corrected chi connectivity index (χ3v) is 4.54. The van der Waals surface area contributed by atoms with Crippen LogP contribution in [0.5, 0.6) is 5.75 Å². The molecule has 1 fully saturated rings. The number of methoxy groups -OCH3 is 1. The number of carbonyl (C=O) groups excluding carboxylic acids is 1. The summed E-state index contributed by atoms with van der Waals surface area (Å²) in [6.07, 6.45) is 0. The highest BCUT2D eigenvalue weighted by atomic mass is 35.5. The highest BCUT2D eigenvalue weighted by Crippen LogP contribution is 2.23. The molecule has 25 heavy (non-hydrogen) atoms. The maximum Gasteiger partial charge on any atom is 0.322 e. The van der Waals surface area contributed by atoms with E-state index >= 15 is 0 Å². The molecule has 0 unspecified atom stereocenters. The molecule has 2 aromatic rings. The van der Waals surface area contributed by atoms with Crippen molar-refractivity contribution in [3.63, 3.8) is 0 Å². The number of halogens is 1. The van der Waals surface area contributed by atoms with Crippen LogP contribution < -0.4 is 10.1 Å². The van der Waals surface area contributed by atoms with Crippen LogP contribution in [0.15, 0.2) is 48.5 Å². The van der Waals surface area contributed by atoms with Crippen LogP contribution in [0.1, 0.15) is 5.56 Å². The van der Waals surface area contributed by atoms with Crippen LogP contribution in [0, 0.1) is 0 Å². The first-order chi connectivity index (χ1) is 12.2. The van der Waals surface area contributed by atoms with E-state index in [0.717, 1.165) is 24.7 Å². The van der Waals surface area contributed by atoms with Gasteiger partial charge in [0.05, 0.1) is 12.8 Å². The number of nitrogens with zero attached hydrogens (tertiary/aromatic N) is 2. The minimum atomic E-state index is -0.0908. The Morgan fingerprint density at radius 1 is 1.12 bits per heavy atom.